The van der Waals surface area contributed by atoms with E-state index >= 15 is 0 Å². The third-order valence-electron chi connectivity index (χ3n) is 2.34. The minimum atomic E-state index is -4.54. The lowest BCUT2D eigenvalue weighted by atomic mass is 10.2. The first-order valence-electron chi connectivity index (χ1n) is 5.41. The zero-order chi connectivity index (χ0) is 15.6. The molecule has 0 fully saturated rings. The average molecular weight is 332 g/mol. The van der Waals surface area contributed by atoms with Crippen molar-refractivity contribution >= 4 is 27.4 Å². The molecule has 10 heteroatoms. The molecular formula is C10H13ClF3N3O2S. The van der Waals surface area contributed by atoms with Crippen LogP contribution in [0.2, 0.25) is 5.15 Å². The molecule has 1 heterocycles. The van der Waals surface area contributed by atoms with Gasteiger partial charge in [-0.15, -0.1) is 0 Å². The van der Waals surface area contributed by atoms with Gasteiger partial charge in [-0.1, -0.05) is 11.6 Å². The first-order chi connectivity index (χ1) is 9.02. The van der Waals surface area contributed by atoms with Crippen molar-refractivity contribution in [3.05, 3.63) is 22.8 Å². The van der Waals surface area contributed by atoms with Gasteiger partial charge in [0.15, 0.2) is 0 Å². The number of hydrogen-bond donors (Lipinski definition) is 1. The van der Waals surface area contributed by atoms with Gasteiger partial charge in [0.2, 0.25) is 10.0 Å². The van der Waals surface area contributed by atoms with Crippen molar-refractivity contribution in [3.63, 3.8) is 0 Å². The Hall–Kier alpha value is -1.06. The Kier molecular flexibility index (Phi) is 5.22. The van der Waals surface area contributed by atoms with Crippen LogP contribution in [0, 0.1) is 0 Å². The monoisotopic (exact) mass is 331 g/mol. The van der Waals surface area contributed by atoms with Crippen LogP contribution >= 0.6 is 11.6 Å². The molecule has 1 aromatic heterocycles. The van der Waals surface area contributed by atoms with Gasteiger partial charge in [-0.05, 0) is 12.1 Å². The van der Waals surface area contributed by atoms with Crippen LogP contribution in [0.4, 0.5) is 19.0 Å². The van der Waals surface area contributed by atoms with Crippen molar-refractivity contribution in [2.75, 3.05) is 31.7 Å². The van der Waals surface area contributed by atoms with Gasteiger partial charge in [-0.2, -0.15) is 13.2 Å². The fourth-order valence-corrected chi connectivity index (χ4v) is 2.18. The molecule has 0 radical (unpaired) electrons. The highest BCUT2D eigenvalue weighted by Crippen LogP contribution is 2.31. The van der Waals surface area contributed by atoms with Crippen LogP contribution in [0.1, 0.15) is 5.56 Å². The molecule has 0 aromatic carbocycles. The van der Waals surface area contributed by atoms with Crippen molar-refractivity contribution in [1.29, 1.82) is 0 Å². The predicted octanol–water partition coefficient (Wildman–Crippen LogP) is 2.06. The SMILES string of the molecule is CN(C)S(=O)(=O)CCNc1cc(C(F)(F)F)cc(Cl)n1. The largest absolute Gasteiger partial charge is 0.416 e. The van der Waals surface area contributed by atoms with E-state index in [-0.39, 0.29) is 23.3 Å². The molecule has 0 aliphatic carbocycles. The highest BCUT2D eigenvalue weighted by atomic mass is 35.5. The minimum absolute atomic E-state index is 0.0782. The minimum Gasteiger partial charge on any atom is -0.369 e. The molecular weight excluding hydrogens is 319 g/mol. The standard InChI is InChI=1S/C10H13ClF3N3O2S/c1-17(2)20(18,19)4-3-15-9-6-7(10(12,13)14)5-8(11)16-9/h5-6H,3-4H2,1-2H3,(H,15,16). The number of rotatable bonds is 5. The van der Waals surface area contributed by atoms with Crippen molar-refractivity contribution < 1.29 is 21.6 Å². The van der Waals surface area contributed by atoms with E-state index in [4.69, 9.17) is 11.6 Å². The number of hydrogen-bond acceptors (Lipinski definition) is 4. The first-order valence-corrected chi connectivity index (χ1v) is 7.40. The summed E-state index contributed by atoms with van der Waals surface area (Å²) in [6.07, 6.45) is -4.54. The van der Waals surface area contributed by atoms with Crippen LogP contribution in [0.5, 0.6) is 0 Å². The number of anilines is 1. The summed E-state index contributed by atoms with van der Waals surface area (Å²) in [4.78, 5) is 3.66. The summed E-state index contributed by atoms with van der Waals surface area (Å²) in [5, 5.41) is 2.19. The third kappa shape index (κ3) is 4.80. The maximum absolute atomic E-state index is 12.5. The van der Waals surface area contributed by atoms with Crippen LogP contribution < -0.4 is 5.32 Å². The van der Waals surface area contributed by atoms with Gasteiger partial charge in [0.05, 0.1) is 11.3 Å². The molecule has 0 aliphatic rings. The lowest BCUT2D eigenvalue weighted by Gasteiger charge is -2.13. The van der Waals surface area contributed by atoms with E-state index in [0.29, 0.717) is 6.07 Å². The quantitative estimate of drug-likeness (QED) is 0.839. The van der Waals surface area contributed by atoms with Crippen molar-refractivity contribution in [3.8, 4) is 0 Å². The van der Waals surface area contributed by atoms with Crippen LogP contribution in [0.3, 0.4) is 0 Å². The van der Waals surface area contributed by atoms with Gasteiger partial charge in [-0.25, -0.2) is 17.7 Å². The summed E-state index contributed by atoms with van der Waals surface area (Å²) >= 11 is 5.50. The number of nitrogens with zero attached hydrogens (tertiary/aromatic N) is 2. The van der Waals surface area contributed by atoms with E-state index in [1.54, 1.807) is 0 Å². The topological polar surface area (TPSA) is 62.3 Å². The highest BCUT2D eigenvalue weighted by Gasteiger charge is 2.31. The molecule has 0 spiro atoms. The zero-order valence-corrected chi connectivity index (χ0v) is 12.3. The lowest BCUT2D eigenvalue weighted by molar-refractivity contribution is -0.137. The highest BCUT2D eigenvalue weighted by molar-refractivity contribution is 7.89. The van der Waals surface area contributed by atoms with Gasteiger partial charge >= 0.3 is 6.18 Å². The van der Waals surface area contributed by atoms with Gasteiger partial charge < -0.3 is 5.32 Å². The van der Waals surface area contributed by atoms with Crippen molar-refractivity contribution in [2.45, 2.75) is 6.18 Å². The molecule has 0 saturated heterocycles. The summed E-state index contributed by atoms with van der Waals surface area (Å²) in [7, 11) is -0.690. The molecule has 0 aliphatic heterocycles. The Labute approximate surface area is 119 Å². The summed E-state index contributed by atoms with van der Waals surface area (Å²) in [5.74, 6) is -0.394. The molecule has 0 saturated carbocycles. The number of alkyl halides is 3. The Morgan fingerprint density at radius 2 is 1.95 bits per heavy atom. The Morgan fingerprint density at radius 1 is 1.35 bits per heavy atom. The van der Waals surface area contributed by atoms with E-state index in [2.05, 4.69) is 10.3 Å². The number of aromatic nitrogens is 1. The molecule has 1 aromatic rings. The van der Waals surface area contributed by atoms with Gasteiger partial charge in [0.1, 0.15) is 11.0 Å². The number of halogens is 4. The summed E-state index contributed by atoms with van der Waals surface area (Å²) < 4.78 is 61.6. The summed E-state index contributed by atoms with van der Waals surface area (Å²) in [5.41, 5.74) is -0.949. The van der Waals surface area contributed by atoms with E-state index in [0.717, 1.165) is 10.4 Å². The second-order valence-corrected chi connectivity index (χ2v) is 6.78. The maximum atomic E-state index is 12.5. The Morgan fingerprint density at radius 3 is 2.45 bits per heavy atom. The Balaban J connectivity index is 2.77. The normalized spacial score (nSPS) is 12.8. The lowest BCUT2D eigenvalue weighted by Crippen LogP contribution is -2.28. The maximum Gasteiger partial charge on any atom is 0.416 e. The van der Waals surface area contributed by atoms with Crippen LogP contribution in [0.25, 0.3) is 0 Å². The fourth-order valence-electron chi connectivity index (χ4n) is 1.24. The number of nitrogens with one attached hydrogen (secondary N) is 1. The van der Waals surface area contributed by atoms with Crippen molar-refractivity contribution in [2.24, 2.45) is 0 Å². The van der Waals surface area contributed by atoms with E-state index < -0.39 is 21.8 Å². The number of sulfonamides is 1. The molecule has 5 nitrogen and oxygen atoms in total. The molecule has 0 amide bonds. The van der Waals surface area contributed by atoms with E-state index in [1.165, 1.54) is 14.1 Å². The average Bonchev–Trinajstić information content (AvgIpc) is 2.26. The van der Waals surface area contributed by atoms with Gasteiger partial charge in [0, 0.05) is 20.6 Å². The first kappa shape index (κ1) is 17.0. The van der Waals surface area contributed by atoms with Crippen molar-refractivity contribution in [1.82, 2.24) is 9.29 Å². The molecule has 20 heavy (non-hydrogen) atoms. The summed E-state index contributed by atoms with van der Waals surface area (Å²) in [6.45, 7) is -0.0782. The van der Waals surface area contributed by atoms with Gasteiger partial charge in [0.25, 0.3) is 0 Å². The third-order valence-corrected chi connectivity index (χ3v) is 4.37. The Bertz CT molecular complexity index is 576. The number of pyridine rings is 1. The molecule has 0 unspecified atom stereocenters. The summed E-state index contributed by atoms with van der Waals surface area (Å²) in [6, 6.07) is 1.47. The molecule has 1 rings (SSSR count). The van der Waals surface area contributed by atoms with E-state index in [1.807, 2.05) is 0 Å². The fraction of sp³-hybridized carbons (Fsp3) is 0.500. The second kappa shape index (κ2) is 6.15. The molecule has 1 N–H and O–H groups in total. The van der Waals surface area contributed by atoms with Crippen LogP contribution in [-0.4, -0.2) is 44.1 Å². The molecule has 114 valence electrons. The predicted molar refractivity (Wildman–Crippen MR) is 70.2 cm³/mol. The van der Waals surface area contributed by atoms with Crippen LogP contribution in [0.15, 0.2) is 12.1 Å². The van der Waals surface area contributed by atoms with Gasteiger partial charge in [-0.3, -0.25) is 0 Å². The smallest absolute Gasteiger partial charge is 0.369 e. The zero-order valence-electron chi connectivity index (χ0n) is 10.7. The van der Waals surface area contributed by atoms with Crippen LogP contribution in [-0.2, 0) is 16.2 Å². The second-order valence-electron chi connectivity index (χ2n) is 4.09. The van der Waals surface area contributed by atoms with E-state index in [9.17, 15) is 21.6 Å². The molecule has 0 atom stereocenters. The molecule has 0 bridgehead atoms.